The van der Waals surface area contributed by atoms with Gasteiger partial charge in [-0.05, 0) is 36.4 Å². The number of thiophene rings is 1. The zero-order chi connectivity index (χ0) is 18.4. The van der Waals surface area contributed by atoms with E-state index in [0.29, 0.717) is 30.6 Å². The number of carbonyl (C=O) groups excluding carboxylic acids is 1. The van der Waals surface area contributed by atoms with Gasteiger partial charge in [-0.25, -0.2) is 0 Å². The maximum Gasteiger partial charge on any atom is 0.246 e. The maximum absolute atomic E-state index is 12.5. The van der Waals surface area contributed by atoms with Crippen molar-refractivity contribution in [1.82, 2.24) is 15.0 Å². The van der Waals surface area contributed by atoms with Crippen LogP contribution in [0.3, 0.4) is 0 Å². The second kappa shape index (κ2) is 9.00. The fourth-order valence-electron chi connectivity index (χ4n) is 2.48. The van der Waals surface area contributed by atoms with E-state index in [-0.39, 0.29) is 5.91 Å². The van der Waals surface area contributed by atoms with Crippen molar-refractivity contribution in [2.45, 2.75) is 26.1 Å². The van der Waals surface area contributed by atoms with Gasteiger partial charge in [-0.3, -0.25) is 4.79 Å². The van der Waals surface area contributed by atoms with Gasteiger partial charge >= 0.3 is 0 Å². The van der Waals surface area contributed by atoms with Crippen molar-refractivity contribution in [3.8, 4) is 10.7 Å². The molecule has 0 unspecified atom stereocenters. The van der Waals surface area contributed by atoms with Crippen LogP contribution in [0, 0.1) is 6.92 Å². The standard InChI is InChI=1S/C19H21N3O2S2/c1-3-22(11-17-20-19(21-24-17)16-9-6-10-26-16)18(23)13-25-12-15-8-5-4-7-14(15)2/h4-10H,3,11-13H2,1-2H3. The minimum Gasteiger partial charge on any atom is -0.337 e. The summed E-state index contributed by atoms with van der Waals surface area (Å²) in [5, 5.41) is 5.97. The minimum atomic E-state index is 0.0851. The van der Waals surface area contributed by atoms with E-state index in [1.54, 1.807) is 28.0 Å². The highest BCUT2D eigenvalue weighted by molar-refractivity contribution is 7.99. The summed E-state index contributed by atoms with van der Waals surface area (Å²) in [5.41, 5.74) is 2.53. The smallest absolute Gasteiger partial charge is 0.246 e. The van der Waals surface area contributed by atoms with Crippen molar-refractivity contribution in [3.63, 3.8) is 0 Å². The topological polar surface area (TPSA) is 59.2 Å². The number of thioether (sulfide) groups is 1. The highest BCUT2D eigenvalue weighted by Crippen LogP contribution is 2.22. The lowest BCUT2D eigenvalue weighted by molar-refractivity contribution is -0.129. The molecular formula is C19H21N3O2S2. The molecule has 0 radical (unpaired) electrons. The monoisotopic (exact) mass is 387 g/mol. The summed E-state index contributed by atoms with van der Waals surface area (Å²) >= 11 is 3.19. The molecule has 1 aromatic carbocycles. The third kappa shape index (κ3) is 4.74. The van der Waals surface area contributed by atoms with E-state index in [4.69, 9.17) is 4.52 Å². The van der Waals surface area contributed by atoms with Crippen LogP contribution < -0.4 is 0 Å². The largest absolute Gasteiger partial charge is 0.337 e. The Morgan fingerprint density at radius 2 is 2.12 bits per heavy atom. The molecule has 2 aromatic heterocycles. The summed E-state index contributed by atoms with van der Waals surface area (Å²) < 4.78 is 5.31. The van der Waals surface area contributed by atoms with Gasteiger partial charge < -0.3 is 9.42 Å². The first-order valence-corrected chi connectivity index (χ1v) is 10.5. The number of hydrogen-bond donors (Lipinski definition) is 0. The summed E-state index contributed by atoms with van der Waals surface area (Å²) in [6.45, 7) is 5.01. The summed E-state index contributed by atoms with van der Waals surface area (Å²) in [5.74, 6) is 2.40. The summed E-state index contributed by atoms with van der Waals surface area (Å²) in [7, 11) is 0. The predicted octanol–water partition coefficient (Wildman–Crippen LogP) is 4.39. The fourth-order valence-corrected chi connectivity index (χ4v) is 4.13. The highest BCUT2D eigenvalue weighted by Gasteiger charge is 2.17. The van der Waals surface area contributed by atoms with Crippen LogP contribution in [0.4, 0.5) is 0 Å². The van der Waals surface area contributed by atoms with Crippen LogP contribution in [0.5, 0.6) is 0 Å². The minimum absolute atomic E-state index is 0.0851. The number of nitrogens with zero attached hydrogens (tertiary/aromatic N) is 3. The molecule has 0 spiro atoms. The summed E-state index contributed by atoms with van der Waals surface area (Å²) in [6.07, 6.45) is 0. The van der Waals surface area contributed by atoms with Gasteiger partial charge in [0.25, 0.3) is 0 Å². The van der Waals surface area contributed by atoms with E-state index >= 15 is 0 Å². The molecule has 0 saturated heterocycles. The van der Waals surface area contributed by atoms with E-state index in [1.165, 1.54) is 11.1 Å². The van der Waals surface area contributed by atoms with Crippen LogP contribution in [-0.2, 0) is 17.1 Å². The van der Waals surface area contributed by atoms with E-state index in [9.17, 15) is 4.79 Å². The van der Waals surface area contributed by atoms with Crippen molar-refractivity contribution >= 4 is 29.0 Å². The number of aromatic nitrogens is 2. The van der Waals surface area contributed by atoms with Crippen LogP contribution >= 0.6 is 23.1 Å². The molecule has 0 saturated carbocycles. The summed E-state index contributed by atoms with van der Waals surface area (Å²) in [6, 6.07) is 12.2. The SMILES string of the molecule is CCN(Cc1nc(-c2cccs2)no1)C(=O)CSCc1ccccc1C. The molecule has 0 bridgehead atoms. The molecule has 0 aliphatic carbocycles. The second-order valence-electron chi connectivity index (χ2n) is 5.82. The Labute approximate surface area is 161 Å². The second-order valence-corrected chi connectivity index (χ2v) is 7.75. The van der Waals surface area contributed by atoms with Crippen molar-refractivity contribution < 1.29 is 9.32 Å². The third-order valence-electron chi connectivity index (χ3n) is 4.01. The summed E-state index contributed by atoms with van der Waals surface area (Å²) in [4.78, 5) is 19.6. The van der Waals surface area contributed by atoms with E-state index in [1.807, 2.05) is 36.6 Å². The Morgan fingerprint density at radius 1 is 1.27 bits per heavy atom. The quantitative estimate of drug-likeness (QED) is 0.574. The third-order valence-corrected chi connectivity index (χ3v) is 5.85. The van der Waals surface area contributed by atoms with Crippen LogP contribution in [0.25, 0.3) is 10.7 Å². The number of rotatable bonds is 8. The zero-order valence-corrected chi connectivity index (χ0v) is 16.5. The van der Waals surface area contributed by atoms with Gasteiger partial charge in [-0.1, -0.05) is 35.5 Å². The van der Waals surface area contributed by atoms with Crippen molar-refractivity contribution in [2.24, 2.45) is 0 Å². The first kappa shape index (κ1) is 18.7. The zero-order valence-electron chi connectivity index (χ0n) is 14.8. The molecule has 0 N–H and O–H groups in total. The lowest BCUT2D eigenvalue weighted by atomic mass is 10.1. The molecule has 2 heterocycles. The van der Waals surface area contributed by atoms with Gasteiger partial charge in [0.05, 0.1) is 17.2 Å². The van der Waals surface area contributed by atoms with Crippen LogP contribution in [0.2, 0.25) is 0 Å². The van der Waals surface area contributed by atoms with E-state index < -0.39 is 0 Å². The average molecular weight is 388 g/mol. The molecule has 0 aliphatic heterocycles. The number of carbonyl (C=O) groups is 1. The molecular weight excluding hydrogens is 366 g/mol. The molecule has 136 valence electrons. The fraction of sp³-hybridized carbons (Fsp3) is 0.316. The lowest BCUT2D eigenvalue weighted by Crippen LogP contribution is -2.31. The normalized spacial score (nSPS) is 10.8. The highest BCUT2D eigenvalue weighted by atomic mass is 32.2. The van der Waals surface area contributed by atoms with Gasteiger partial charge in [-0.2, -0.15) is 4.98 Å². The Hall–Kier alpha value is -2.12. The Balaban J connectivity index is 1.53. The number of aryl methyl sites for hydroxylation is 1. The molecule has 5 nitrogen and oxygen atoms in total. The Kier molecular flexibility index (Phi) is 6.46. The average Bonchev–Trinajstić information content (AvgIpc) is 3.32. The first-order valence-electron chi connectivity index (χ1n) is 8.44. The van der Waals surface area contributed by atoms with E-state index in [2.05, 4.69) is 29.2 Å². The molecule has 7 heteroatoms. The first-order chi connectivity index (χ1) is 12.7. The van der Waals surface area contributed by atoms with Crippen LogP contribution in [-0.4, -0.2) is 33.2 Å². The predicted molar refractivity (Wildman–Crippen MR) is 106 cm³/mol. The molecule has 0 fully saturated rings. The van der Waals surface area contributed by atoms with Crippen LogP contribution in [0.1, 0.15) is 23.9 Å². The van der Waals surface area contributed by atoms with Gasteiger partial charge in [0, 0.05) is 12.3 Å². The molecule has 0 aliphatic rings. The Morgan fingerprint density at radius 3 is 2.85 bits per heavy atom. The number of benzene rings is 1. The van der Waals surface area contributed by atoms with Crippen molar-refractivity contribution in [2.75, 3.05) is 12.3 Å². The van der Waals surface area contributed by atoms with Gasteiger partial charge in [0.15, 0.2) is 0 Å². The van der Waals surface area contributed by atoms with Gasteiger partial charge in [0.1, 0.15) is 0 Å². The number of amides is 1. The molecule has 3 rings (SSSR count). The number of hydrogen-bond acceptors (Lipinski definition) is 6. The molecule has 0 atom stereocenters. The van der Waals surface area contributed by atoms with Crippen molar-refractivity contribution in [3.05, 3.63) is 58.8 Å². The van der Waals surface area contributed by atoms with Gasteiger partial charge in [-0.15, -0.1) is 23.1 Å². The Bertz CT molecular complexity index is 846. The molecule has 3 aromatic rings. The molecule has 26 heavy (non-hydrogen) atoms. The van der Waals surface area contributed by atoms with Crippen molar-refractivity contribution in [1.29, 1.82) is 0 Å². The van der Waals surface area contributed by atoms with Crippen LogP contribution in [0.15, 0.2) is 46.3 Å². The van der Waals surface area contributed by atoms with Gasteiger partial charge in [0.2, 0.25) is 17.6 Å². The molecule has 1 amide bonds. The van der Waals surface area contributed by atoms with E-state index in [0.717, 1.165) is 10.6 Å². The lowest BCUT2D eigenvalue weighted by Gasteiger charge is -2.18. The maximum atomic E-state index is 12.5.